The summed E-state index contributed by atoms with van der Waals surface area (Å²) in [6.07, 6.45) is 3.72. The van der Waals surface area contributed by atoms with Crippen molar-refractivity contribution in [2.45, 2.75) is 45.4 Å². The van der Waals surface area contributed by atoms with E-state index >= 15 is 0 Å². The number of carbonyl (C=O) groups is 1. The zero-order valence-corrected chi connectivity index (χ0v) is 13.8. The van der Waals surface area contributed by atoms with E-state index < -0.39 is 5.91 Å². The third-order valence-electron chi connectivity index (χ3n) is 4.40. The van der Waals surface area contributed by atoms with Gasteiger partial charge in [-0.25, -0.2) is 4.98 Å². The van der Waals surface area contributed by atoms with Gasteiger partial charge in [0.05, 0.1) is 12.6 Å². The lowest BCUT2D eigenvalue weighted by Crippen LogP contribution is -2.30. The topological polar surface area (TPSA) is 65.2 Å². The van der Waals surface area contributed by atoms with Gasteiger partial charge in [0.2, 0.25) is 5.88 Å². The maximum absolute atomic E-state index is 11.4. The van der Waals surface area contributed by atoms with Crippen LogP contribution in [0.2, 0.25) is 0 Å². The number of hydrogen-bond acceptors (Lipinski definition) is 3. The van der Waals surface area contributed by atoms with Crippen LogP contribution in [0.3, 0.4) is 0 Å². The second-order valence-corrected chi connectivity index (χ2v) is 5.73. The molecule has 1 aliphatic rings. The summed E-state index contributed by atoms with van der Waals surface area (Å²) in [4.78, 5) is 15.8. The van der Waals surface area contributed by atoms with Crippen molar-refractivity contribution in [2.24, 2.45) is 5.73 Å². The second-order valence-electron chi connectivity index (χ2n) is 5.73. The molecule has 118 valence electrons. The lowest BCUT2D eigenvalue weighted by atomic mass is 9.66. The first-order chi connectivity index (χ1) is 10.5. The minimum Gasteiger partial charge on any atom is -0.480 e. The van der Waals surface area contributed by atoms with Crippen molar-refractivity contribution in [1.29, 1.82) is 0 Å². The number of nitrogens with two attached hydrogens (primary N) is 1. The molecule has 0 spiro atoms. The van der Waals surface area contributed by atoms with Crippen LogP contribution in [0.15, 0.2) is 24.3 Å². The molecule has 1 fully saturated rings. The van der Waals surface area contributed by atoms with Crippen molar-refractivity contribution in [1.82, 2.24) is 4.98 Å². The molecule has 0 bridgehead atoms. The van der Waals surface area contributed by atoms with Crippen molar-refractivity contribution in [3.63, 3.8) is 0 Å². The normalized spacial score (nSPS) is 15.5. The summed E-state index contributed by atoms with van der Waals surface area (Å²) in [6.45, 7) is 6.28. The van der Waals surface area contributed by atoms with Gasteiger partial charge in [0.25, 0.3) is 5.91 Å². The van der Waals surface area contributed by atoms with Crippen molar-refractivity contribution in [3.8, 4) is 5.88 Å². The fourth-order valence-corrected chi connectivity index (χ4v) is 2.85. The molecule has 2 N–H and O–H groups in total. The van der Waals surface area contributed by atoms with E-state index in [2.05, 4.69) is 24.0 Å². The van der Waals surface area contributed by atoms with Crippen molar-refractivity contribution < 1.29 is 9.53 Å². The second kappa shape index (κ2) is 6.34. The summed E-state index contributed by atoms with van der Waals surface area (Å²) in [5.74, 6) is -0.229. The highest BCUT2D eigenvalue weighted by atomic mass is 16.5. The molecule has 0 aliphatic heterocycles. The number of methoxy groups -OCH3 is 1. The molecule has 4 heteroatoms. The quantitative estimate of drug-likeness (QED) is 0.937. The van der Waals surface area contributed by atoms with Gasteiger partial charge in [-0.15, -0.1) is 0 Å². The molecule has 1 aromatic heterocycles. The Balaban J connectivity index is 0.000000847. The lowest BCUT2D eigenvalue weighted by molar-refractivity contribution is 0.0997. The first kappa shape index (κ1) is 16.3. The fourth-order valence-electron chi connectivity index (χ4n) is 2.85. The van der Waals surface area contributed by atoms with Gasteiger partial charge in [-0.2, -0.15) is 0 Å². The van der Waals surface area contributed by atoms with Gasteiger partial charge < -0.3 is 10.5 Å². The minimum absolute atomic E-state index is 0.269. The molecule has 1 heterocycles. The van der Waals surface area contributed by atoms with Gasteiger partial charge in [0, 0.05) is 5.39 Å². The molecule has 1 amide bonds. The first-order valence-electron chi connectivity index (χ1n) is 7.82. The third-order valence-corrected chi connectivity index (χ3v) is 4.40. The van der Waals surface area contributed by atoms with E-state index in [4.69, 9.17) is 10.5 Å². The number of aromatic nitrogens is 1. The molecule has 0 radical (unpaired) electrons. The van der Waals surface area contributed by atoms with Crippen LogP contribution in [0.1, 0.15) is 56.0 Å². The predicted molar refractivity (Wildman–Crippen MR) is 89.4 cm³/mol. The van der Waals surface area contributed by atoms with Crippen LogP contribution >= 0.6 is 0 Å². The summed E-state index contributed by atoms with van der Waals surface area (Å²) in [5.41, 5.74) is 8.09. The molecule has 1 aromatic carbocycles. The fraction of sp³-hybridized carbons (Fsp3) is 0.444. The van der Waals surface area contributed by atoms with Crippen molar-refractivity contribution in [2.75, 3.05) is 7.11 Å². The summed E-state index contributed by atoms with van der Waals surface area (Å²) in [7, 11) is 1.50. The van der Waals surface area contributed by atoms with Crippen LogP contribution in [0, 0.1) is 0 Å². The average molecular weight is 300 g/mol. The average Bonchev–Trinajstić information content (AvgIpc) is 2.52. The van der Waals surface area contributed by atoms with Crippen LogP contribution in [0.5, 0.6) is 5.88 Å². The summed E-state index contributed by atoms with van der Waals surface area (Å²) >= 11 is 0. The number of benzene rings is 1. The molecule has 0 atom stereocenters. The van der Waals surface area contributed by atoms with E-state index in [1.807, 2.05) is 19.9 Å². The van der Waals surface area contributed by atoms with E-state index in [-0.39, 0.29) is 5.41 Å². The molecule has 4 nitrogen and oxygen atoms in total. The molecule has 22 heavy (non-hydrogen) atoms. The Morgan fingerprint density at radius 1 is 1.27 bits per heavy atom. The van der Waals surface area contributed by atoms with E-state index in [1.54, 1.807) is 6.07 Å². The van der Waals surface area contributed by atoms with E-state index in [9.17, 15) is 4.79 Å². The van der Waals surface area contributed by atoms with Gasteiger partial charge in [0.1, 0.15) is 5.56 Å². The molecular formula is C18H24N2O2. The number of rotatable bonds is 3. The number of pyridine rings is 1. The highest BCUT2D eigenvalue weighted by Gasteiger charge is 2.33. The van der Waals surface area contributed by atoms with Gasteiger partial charge >= 0.3 is 0 Å². The lowest BCUT2D eigenvalue weighted by Gasteiger charge is -2.39. The molecule has 2 aromatic rings. The zero-order chi connectivity index (χ0) is 16.3. The number of primary amides is 1. The van der Waals surface area contributed by atoms with Gasteiger partial charge in [0.15, 0.2) is 0 Å². The Bertz CT molecular complexity index is 691. The summed E-state index contributed by atoms with van der Waals surface area (Å²) < 4.78 is 5.17. The number of fused-ring (bicyclic) bond motifs is 1. The largest absolute Gasteiger partial charge is 0.480 e. The van der Waals surface area contributed by atoms with E-state index in [1.165, 1.54) is 31.9 Å². The smallest absolute Gasteiger partial charge is 0.254 e. The molecule has 1 saturated carbocycles. The Morgan fingerprint density at radius 3 is 2.45 bits per heavy atom. The van der Waals surface area contributed by atoms with Crippen molar-refractivity contribution in [3.05, 3.63) is 35.4 Å². The van der Waals surface area contributed by atoms with E-state index in [0.29, 0.717) is 11.4 Å². The Kier molecular flexibility index (Phi) is 4.69. The summed E-state index contributed by atoms with van der Waals surface area (Å²) in [5, 5.41) is 0.909. The van der Waals surface area contributed by atoms with Crippen LogP contribution in [0.4, 0.5) is 0 Å². The number of carbonyl (C=O) groups excluding carboxylic acids is 1. The molecule has 0 saturated heterocycles. The maximum Gasteiger partial charge on any atom is 0.254 e. The predicted octanol–water partition coefficient (Wildman–Crippen LogP) is 3.81. The van der Waals surface area contributed by atoms with Crippen LogP contribution in [0.25, 0.3) is 10.9 Å². The Morgan fingerprint density at radius 2 is 1.95 bits per heavy atom. The Labute approximate surface area is 131 Å². The number of nitrogens with zero attached hydrogens (tertiary/aromatic N) is 1. The summed E-state index contributed by atoms with van der Waals surface area (Å²) in [6, 6.07) is 7.98. The number of amides is 1. The number of hydrogen-bond donors (Lipinski definition) is 1. The van der Waals surface area contributed by atoms with Gasteiger partial charge in [-0.05, 0) is 36.0 Å². The standard InChI is InChI=1S/C16H18N2O2.C2H6/c1-16(6-3-7-16)11-5-4-10-8-12(14(17)19)15(20-2)18-13(10)9-11;1-2/h4-5,8-9H,3,6-7H2,1-2H3,(H2,17,19);1-2H3. The highest BCUT2D eigenvalue weighted by Crippen LogP contribution is 2.43. The maximum atomic E-state index is 11.4. The first-order valence-corrected chi connectivity index (χ1v) is 7.82. The van der Waals surface area contributed by atoms with Gasteiger partial charge in [-0.1, -0.05) is 39.3 Å². The zero-order valence-electron chi connectivity index (χ0n) is 13.8. The van der Waals surface area contributed by atoms with Crippen LogP contribution in [-0.2, 0) is 5.41 Å². The SMILES string of the molecule is CC.COc1nc2cc(C3(C)CCC3)ccc2cc1C(N)=O. The van der Waals surface area contributed by atoms with Crippen molar-refractivity contribution >= 4 is 16.8 Å². The van der Waals surface area contributed by atoms with E-state index in [0.717, 1.165) is 10.9 Å². The third kappa shape index (κ3) is 2.78. The molecule has 3 rings (SSSR count). The Hall–Kier alpha value is -2.10. The molecule has 1 aliphatic carbocycles. The monoisotopic (exact) mass is 300 g/mol. The van der Waals surface area contributed by atoms with Crippen LogP contribution in [-0.4, -0.2) is 18.0 Å². The molecular weight excluding hydrogens is 276 g/mol. The molecule has 0 unspecified atom stereocenters. The minimum atomic E-state index is -0.522. The van der Waals surface area contributed by atoms with Crippen LogP contribution < -0.4 is 10.5 Å². The number of ether oxygens (including phenoxy) is 1. The van der Waals surface area contributed by atoms with Gasteiger partial charge in [-0.3, -0.25) is 4.79 Å². The highest BCUT2D eigenvalue weighted by molar-refractivity contribution is 5.98.